The van der Waals surface area contributed by atoms with Crippen molar-refractivity contribution in [1.29, 1.82) is 0 Å². The molecule has 1 aliphatic heterocycles. The van der Waals surface area contributed by atoms with E-state index in [1.165, 1.54) is 32.1 Å². The fraction of sp³-hybridized carbons (Fsp3) is 0.227. The number of hydrogen-bond donors (Lipinski definition) is 0. The zero-order chi connectivity index (χ0) is 18.1. The number of para-hydroxylation sites is 1. The lowest BCUT2D eigenvalue weighted by molar-refractivity contribution is -0.644. The van der Waals surface area contributed by atoms with Gasteiger partial charge in [0.15, 0.2) is 6.20 Å². The molecule has 5 heteroatoms. The second-order valence-corrected chi connectivity index (χ2v) is 7.35. The Hall–Kier alpha value is -1.73. The molecule has 0 amide bonds. The van der Waals surface area contributed by atoms with Gasteiger partial charge in [0.1, 0.15) is 12.8 Å². The number of rotatable bonds is 4. The van der Waals surface area contributed by atoms with Crippen LogP contribution in [0.1, 0.15) is 19.4 Å². The van der Waals surface area contributed by atoms with Gasteiger partial charge < -0.3 is 33.6 Å². The number of anilines is 1. The highest BCUT2D eigenvalue weighted by Crippen LogP contribution is 2.48. The Labute approximate surface area is 182 Å². The largest absolute Gasteiger partial charge is 1.00 e. The van der Waals surface area contributed by atoms with Crippen LogP contribution in [-0.4, -0.2) is 13.2 Å². The van der Waals surface area contributed by atoms with Crippen LogP contribution < -0.4 is 38.2 Å². The average Bonchev–Trinajstić information content (AvgIpc) is 3.01. The summed E-state index contributed by atoms with van der Waals surface area (Å²) < 4.78 is 7.84. The second-order valence-electron chi connectivity index (χ2n) is 6.29. The minimum atomic E-state index is 0. The predicted molar refractivity (Wildman–Crippen MR) is 110 cm³/mol. The zero-order valence-electron chi connectivity index (χ0n) is 15.8. The van der Waals surface area contributed by atoms with Gasteiger partial charge in [0.2, 0.25) is 5.52 Å². The minimum Gasteiger partial charge on any atom is -1.00 e. The van der Waals surface area contributed by atoms with Crippen molar-refractivity contribution in [1.82, 2.24) is 0 Å². The van der Waals surface area contributed by atoms with Crippen molar-refractivity contribution in [2.24, 2.45) is 7.05 Å². The van der Waals surface area contributed by atoms with Gasteiger partial charge in [0.05, 0.1) is 22.7 Å². The maximum atomic E-state index is 5.67. The summed E-state index contributed by atoms with van der Waals surface area (Å²) in [7, 11) is 2.09. The van der Waals surface area contributed by atoms with E-state index in [1.54, 1.807) is 0 Å². The highest BCUT2D eigenvalue weighted by Gasteiger charge is 2.25. The molecule has 2 aromatic carbocycles. The standard InChI is InChI=1S/C22H23N2OS.HI/c1-4-24-20-11-10-17(25-5-2)15-21(20)26-22(24)14-16-12-13-23(3)19-9-7-6-8-18(16)19;/h6-15H,4-5H2,1-3H3;1H/q+1;/p-1. The van der Waals surface area contributed by atoms with Crippen LogP contribution in [0.3, 0.4) is 0 Å². The van der Waals surface area contributed by atoms with Crippen molar-refractivity contribution in [2.75, 3.05) is 18.1 Å². The van der Waals surface area contributed by atoms with Crippen molar-refractivity contribution in [2.45, 2.75) is 18.7 Å². The molecule has 0 unspecified atom stereocenters. The quantitative estimate of drug-likeness (QED) is 0.412. The third-order valence-electron chi connectivity index (χ3n) is 4.68. The van der Waals surface area contributed by atoms with Gasteiger partial charge in [-0.25, -0.2) is 4.57 Å². The van der Waals surface area contributed by atoms with Gasteiger partial charge in [-0.15, -0.1) is 0 Å². The number of aryl methyl sites for hydroxylation is 1. The van der Waals surface area contributed by atoms with Gasteiger partial charge in [0, 0.05) is 23.6 Å². The van der Waals surface area contributed by atoms with Crippen LogP contribution in [-0.2, 0) is 7.05 Å². The maximum absolute atomic E-state index is 5.67. The number of hydrogen-bond acceptors (Lipinski definition) is 3. The van der Waals surface area contributed by atoms with Gasteiger partial charge in [-0.2, -0.15) is 0 Å². The Morgan fingerprint density at radius 3 is 2.70 bits per heavy atom. The maximum Gasteiger partial charge on any atom is 0.212 e. The first-order valence-electron chi connectivity index (χ1n) is 9.02. The van der Waals surface area contributed by atoms with Crippen LogP contribution in [0.25, 0.3) is 17.0 Å². The van der Waals surface area contributed by atoms with Crippen molar-refractivity contribution >= 4 is 34.4 Å². The Morgan fingerprint density at radius 2 is 1.93 bits per heavy atom. The minimum absolute atomic E-state index is 0. The Bertz CT molecular complexity index is 1000. The zero-order valence-corrected chi connectivity index (χ0v) is 18.8. The smallest absolute Gasteiger partial charge is 0.212 e. The molecule has 140 valence electrons. The molecule has 0 atom stereocenters. The lowest BCUT2D eigenvalue weighted by Gasteiger charge is -2.18. The number of nitrogens with zero attached hydrogens (tertiary/aromatic N) is 2. The van der Waals surface area contributed by atoms with E-state index in [0.29, 0.717) is 6.61 Å². The number of thioether (sulfide) groups is 1. The highest BCUT2D eigenvalue weighted by atomic mass is 127. The number of halogens is 1. The molecule has 1 aromatic heterocycles. The third kappa shape index (κ3) is 3.80. The van der Waals surface area contributed by atoms with E-state index in [0.717, 1.165) is 12.3 Å². The normalized spacial score (nSPS) is 14.3. The Morgan fingerprint density at radius 1 is 1.11 bits per heavy atom. The molecule has 0 saturated heterocycles. The Kier molecular flexibility index (Phi) is 6.32. The van der Waals surface area contributed by atoms with Gasteiger partial charge >= 0.3 is 0 Å². The summed E-state index contributed by atoms with van der Waals surface area (Å²) in [5.41, 5.74) is 3.75. The van der Waals surface area contributed by atoms with Crippen molar-refractivity contribution in [3.8, 4) is 5.75 Å². The monoisotopic (exact) mass is 490 g/mol. The third-order valence-corrected chi connectivity index (χ3v) is 5.78. The van der Waals surface area contributed by atoms with E-state index in [4.69, 9.17) is 4.74 Å². The van der Waals surface area contributed by atoms with E-state index >= 15 is 0 Å². The predicted octanol–water partition coefficient (Wildman–Crippen LogP) is 2.00. The molecule has 3 nitrogen and oxygen atoms in total. The van der Waals surface area contributed by atoms with Crippen LogP contribution in [0.2, 0.25) is 0 Å². The molecule has 0 N–H and O–H groups in total. The molecule has 0 saturated carbocycles. The lowest BCUT2D eigenvalue weighted by Crippen LogP contribution is -3.00. The molecular formula is C22H23IN2OS. The van der Waals surface area contributed by atoms with Crippen molar-refractivity contribution < 1.29 is 33.3 Å². The topological polar surface area (TPSA) is 16.4 Å². The summed E-state index contributed by atoms with van der Waals surface area (Å²) in [5, 5.41) is 2.53. The van der Waals surface area contributed by atoms with Crippen LogP contribution in [0, 0.1) is 0 Å². The lowest BCUT2D eigenvalue weighted by atomic mass is 10.1. The van der Waals surface area contributed by atoms with E-state index in [2.05, 4.69) is 84.2 Å². The van der Waals surface area contributed by atoms with Crippen molar-refractivity contribution in [3.05, 3.63) is 65.3 Å². The van der Waals surface area contributed by atoms with Crippen LogP contribution in [0.15, 0.2) is 64.7 Å². The number of fused-ring (bicyclic) bond motifs is 2. The molecule has 3 aromatic rings. The van der Waals surface area contributed by atoms with Gasteiger partial charge in [-0.3, -0.25) is 0 Å². The molecule has 0 bridgehead atoms. The first-order valence-corrected chi connectivity index (χ1v) is 9.84. The summed E-state index contributed by atoms with van der Waals surface area (Å²) in [6, 6.07) is 17.1. The molecule has 0 radical (unpaired) electrons. The SMILES string of the molecule is CCOc1ccc2c(c1)S/C(=C\c1cc[n+](C)c3ccccc13)N2CC.[I-]. The summed E-state index contributed by atoms with van der Waals surface area (Å²) in [6.45, 7) is 5.85. The Balaban J connectivity index is 0.00000210. The van der Waals surface area contributed by atoms with Gasteiger partial charge in [0.25, 0.3) is 0 Å². The average molecular weight is 490 g/mol. The van der Waals surface area contributed by atoms with Crippen LogP contribution in [0.4, 0.5) is 5.69 Å². The van der Waals surface area contributed by atoms with E-state index < -0.39 is 0 Å². The second kappa shape index (κ2) is 8.52. The number of aromatic nitrogens is 1. The fourth-order valence-electron chi connectivity index (χ4n) is 3.42. The molecule has 2 heterocycles. The summed E-state index contributed by atoms with van der Waals surface area (Å²) in [4.78, 5) is 3.63. The van der Waals surface area contributed by atoms with Crippen LogP contribution >= 0.6 is 11.8 Å². The number of pyridine rings is 1. The molecule has 0 aliphatic carbocycles. The van der Waals surface area contributed by atoms with Gasteiger partial charge in [-0.05, 0) is 49.8 Å². The van der Waals surface area contributed by atoms with Crippen LogP contribution in [0.5, 0.6) is 5.75 Å². The first-order chi connectivity index (χ1) is 12.7. The molecule has 0 fully saturated rings. The summed E-state index contributed by atoms with van der Waals surface area (Å²) in [6.07, 6.45) is 4.43. The molecule has 4 rings (SSSR count). The van der Waals surface area contributed by atoms with E-state index in [9.17, 15) is 0 Å². The van der Waals surface area contributed by atoms with E-state index in [1.807, 2.05) is 18.7 Å². The van der Waals surface area contributed by atoms with Crippen molar-refractivity contribution in [3.63, 3.8) is 0 Å². The highest BCUT2D eigenvalue weighted by molar-refractivity contribution is 8.03. The summed E-state index contributed by atoms with van der Waals surface area (Å²) in [5.74, 6) is 0.938. The van der Waals surface area contributed by atoms with E-state index in [-0.39, 0.29) is 24.0 Å². The first kappa shape index (κ1) is 20.0. The van der Waals surface area contributed by atoms with Gasteiger partial charge in [-0.1, -0.05) is 23.9 Å². The molecular weight excluding hydrogens is 467 g/mol. The molecule has 0 spiro atoms. The summed E-state index contributed by atoms with van der Waals surface area (Å²) >= 11 is 1.82. The molecule has 27 heavy (non-hydrogen) atoms. The molecule has 1 aliphatic rings. The fourth-order valence-corrected chi connectivity index (χ4v) is 4.63. The number of ether oxygens (including phenoxy) is 1. The number of benzene rings is 2.